The third kappa shape index (κ3) is 15.5. The van der Waals surface area contributed by atoms with Crippen molar-refractivity contribution in [2.45, 2.75) is 141 Å². The second-order valence-electron chi connectivity index (χ2n) is 17.8. The number of aromatic nitrogens is 6. The van der Waals surface area contributed by atoms with Gasteiger partial charge in [-0.1, -0.05) is 65.2 Å². The topological polar surface area (TPSA) is 174 Å². The van der Waals surface area contributed by atoms with Gasteiger partial charge in [0.1, 0.15) is 0 Å². The van der Waals surface area contributed by atoms with Crippen LogP contribution in [0.3, 0.4) is 0 Å². The molecule has 6 N–H and O–H groups in total. The van der Waals surface area contributed by atoms with Gasteiger partial charge >= 0.3 is 0 Å². The van der Waals surface area contributed by atoms with Crippen LogP contribution in [0, 0.1) is 11.6 Å². The van der Waals surface area contributed by atoms with E-state index in [9.17, 15) is 8.78 Å². The molecule has 8 rings (SSSR count). The normalized spacial score (nSPS) is 19.5. The Morgan fingerprint density at radius 3 is 1.24 bits per heavy atom. The molecule has 4 aliphatic rings. The number of ether oxygens (including phenoxy) is 2. The summed E-state index contributed by atoms with van der Waals surface area (Å²) < 4.78 is 38.4. The number of anilines is 8. The second-order valence-corrected chi connectivity index (χ2v) is 17.8. The van der Waals surface area contributed by atoms with Crippen LogP contribution in [-0.2, 0) is 0 Å². The Balaban J connectivity index is 0.000000218. The molecule has 2 saturated carbocycles. The predicted molar refractivity (Wildman–Crippen MR) is 267 cm³/mol. The Labute approximate surface area is 401 Å². The van der Waals surface area contributed by atoms with Gasteiger partial charge in [-0.05, 0) is 102 Å². The highest BCUT2D eigenvalue weighted by Crippen LogP contribution is 2.28. The van der Waals surface area contributed by atoms with Crippen LogP contribution in [-0.4, -0.2) is 117 Å². The lowest BCUT2D eigenvalue weighted by atomic mass is 10.1. The van der Waals surface area contributed by atoms with Crippen LogP contribution in [0.4, 0.5) is 55.8 Å². The van der Waals surface area contributed by atoms with E-state index >= 15 is 0 Å². The maximum atomic E-state index is 14.2. The lowest BCUT2D eigenvalue weighted by Gasteiger charge is -2.23. The summed E-state index contributed by atoms with van der Waals surface area (Å²) in [7, 11) is 2.90. The van der Waals surface area contributed by atoms with Crippen LogP contribution in [0.2, 0.25) is 0 Å². The molecule has 19 heteroatoms. The number of rotatable bonds is 18. The van der Waals surface area contributed by atoms with E-state index in [4.69, 9.17) is 9.47 Å². The molecule has 2 atom stereocenters. The molecule has 2 aromatic carbocycles. The zero-order valence-corrected chi connectivity index (χ0v) is 40.7. The summed E-state index contributed by atoms with van der Waals surface area (Å²) in [4.78, 5) is 32.6. The van der Waals surface area contributed by atoms with E-state index < -0.39 is 11.6 Å². The van der Waals surface area contributed by atoms with Crippen LogP contribution < -0.4 is 41.4 Å². The zero-order chi connectivity index (χ0) is 46.1. The molecule has 2 aliphatic carbocycles. The van der Waals surface area contributed by atoms with Crippen molar-refractivity contribution in [3.63, 3.8) is 0 Å². The Hall–Kier alpha value is -5.07. The van der Waals surface area contributed by atoms with E-state index in [1.807, 2.05) is 0 Å². The first kappa shape index (κ1) is 51.3. The van der Waals surface area contributed by atoms with Crippen molar-refractivity contribution in [1.29, 1.82) is 0 Å². The lowest BCUT2D eigenvalue weighted by molar-refractivity contribution is 0.276. The highest BCUT2D eigenvalue weighted by Gasteiger charge is 2.25. The van der Waals surface area contributed by atoms with Crippen LogP contribution in [0.25, 0.3) is 0 Å². The van der Waals surface area contributed by atoms with Crippen molar-refractivity contribution in [2.75, 3.05) is 85.4 Å². The molecular formula is C48H73ClF2N14O2. The van der Waals surface area contributed by atoms with Crippen LogP contribution in [0.5, 0.6) is 11.5 Å². The van der Waals surface area contributed by atoms with E-state index in [1.165, 1.54) is 103 Å². The number of nitrogens with one attached hydrogen (secondary N) is 6. The number of benzene rings is 2. The van der Waals surface area contributed by atoms with Gasteiger partial charge < -0.3 is 41.4 Å². The van der Waals surface area contributed by atoms with Crippen molar-refractivity contribution in [3.05, 3.63) is 48.0 Å². The van der Waals surface area contributed by atoms with Gasteiger partial charge in [0.05, 0.1) is 14.2 Å². The van der Waals surface area contributed by atoms with E-state index in [2.05, 4.69) is 85.5 Å². The lowest BCUT2D eigenvalue weighted by Crippen LogP contribution is -2.35. The van der Waals surface area contributed by atoms with Gasteiger partial charge in [-0.15, -0.1) is 12.4 Å². The van der Waals surface area contributed by atoms with Gasteiger partial charge in [-0.25, -0.2) is 8.78 Å². The molecule has 4 fully saturated rings. The third-order valence-corrected chi connectivity index (χ3v) is 13.3. The average Bonchev–Trinajstić information content (AvgIpc) is 3.81. The van der Waals surface area contributed by atoms with Crippen LogP contribution in [0.1, 0.15) is 117 Å². The van der Waals surface area contributed by atoms with Gasteiger partial charge in [0, 0.05) is 60.8 Å². The number of hydrogen-bond donors (Lipinski definition) is 6. The fourth-order valence-corrected chi connectivity index (χ4v) is 9.61. The molecule has 4 heterocycles. The molecule has 0 spiro atoms. The molecule has 67 heavy (non-hydrogen) atoms. The number of hydrogen-bond acceptors (Lipinski definition) is 16. The third-order valence-electron chi connectivity index (χ3n) is 13.3. The summed E-state index contributed by atoms with van der Waals surface area (Å²) in [6.07, 6.45) is 19.3. The minimum absolute atomic E-state index is 0. The van der Waals surface area contributed by atoms with Crippen molar-refractivity contribution < 1.29 is 18.3 Å². The first-order valence-corrected chi connectivity index (χ1v) is 24.5. The monoisotopic (exact) mass is 951 g/mol. The number of likely N-dealkylation sites (tertiary alicyclic amines) is 2. The summed E-state index contributed by atoms with van der Waals surface area (Å²) in [5.74, 6) is 2.45. The Morgan fingerprint density at radius 2 is 0.881 bits per heavy atom. The first-order valence-electron chi connectivity index (χ1n) is 24.5. The summed E-state index contributed by atoms with van der Waals surface area (Å²) >= 11 is 0. The van der Waals surface area contributed by atoms with Crippen molar-refractivity contribution in [2.24, 2.45) is 0 Å². The van der Waals surface area contributed by atoms with Gasteiger partial charge in [-0.2, -0.15) is 29.9 Å². The van der Waals surface area contributed by atoms with Crippen LogP contribution >= 0.6 is 12.4 Å². The molecule has 0 amide bonds. The smallest absolute Gasteiger partial charge is 0.233 e. The summed E-state index contributed by atoms with van der Waals surface area (Å²) in [5, 5.41) is 20.1. The quantitative estimate of drug-likeness (QED) is 0.0520. The van der Waals surface area contributed by atoms with Crippen molar-refractivity contribution >= 4 is 59.5 Å². The van der Waals surface area contributed by atoms with E-state index in [0.717, 1.165) is 65.0 Å². The maximum absolute atomic E-state index is 14.2. The molecule has 2 unspecified atom stereocenters. The van der Waals surface area contributed by atoms with E-state index in [1.54, 1.807) is 24.3 Å². The summed E-state index contributed by atoms with van der Waals surface area (Å²) in [6, 6.07) is 11.1. The Morgan fingerprint density at radius 1 is 0.507 bits per heavy atom. The number of halogens is 3. The van der Waals surface area contributed by atoms with Crippen LogP contribution in [0.15, 0.2) is 36.4 Å². The largest absolute Gasteiger partial charge is 0.494 e. The molecule has 2 aromatic heterocycles. The zero-order valence-electron chi connectivity index (χ0n) is 39.9. The molecule has 368 valence electrons. The Kier molecular flexibility index (Phi) is 20.3. The van der Waals surface area contributed by atoms with Gasteiger partial charge in [-0.3, -0.25) is 9.80 Å². The fraction of sp³-hybridized carbons (Fsp3) is 0.625. The summed E-state index contributed by atoms with van der Waals surface area (Å²) in [5.41, 5.74) is 1.11. The van der Waals surface area contributed by atoms with E-state index in [0.29, 0.717) is 71.2 Å². The minimum atomic E-state index is -0.437. The average molecular weight is 952 g/mol. The van der Waals surface area contributed by atoms with Crippen molar-refractivity contribution in [1.82, 2.24) is 39.7 Å². The first-order chi connectivity index (χ1) is 32.3. The standard InChI is InChI=1S/2C24H36FN7O.ClH/c2*1-3-32-14-8-11-19(32)16-26-22-29-23(27-17-9-6-4-5-7-10-17)31-24(30-22)28-18-12-13-21(33-2)20(25)15-18;/h2*12-13,15,17,19H,3-11,14,16H2,1-2H3,(H3,26,27,28,29,30,31);1H. The molecule has 2 saturated heterocycles. The number of methoxy groups -OCH3 is 2. The SMILES string of the molecule is CCN1CCCC1CNc1nc(Nc2ccc(OC)c(F)c2)nc(NC2CCCCCC2)n1.CCN1CCCC1CNc1nc(Nc2ccc(OC)c(F)c2)nc(NC2CCCCCC2)n1.Cl. The van der Waals surface area contributed by atoms with Crippen molar-refractivity contribution in [3.8, 4) is 11.5 Å². The molecule has 16 nitrogen and oxygen atoms in total. The summed E-state index contributed by atoms with van der Waals surface area (Å²) in [6.45, 7) is 10.4. The predicted octanol–water partition coefficient (Wildman–Crippen LogP) is 10.0. The molecule has 0 radical (unpaired) electrons. The molecule has 0 bridgehead atoms. The number of nitrogens with zero attached hydrogens (tertiary/aromatic N) is 8. The molecule has 2 aliphatic heterocycles. The molecular weight excluding hydrogens is 878 g/mol. The number of likely N-dealkylation sites (N-methyl/N-ethyl adjacent to an activating group) is 2. The van der Waals surface area contributed by atoms with E-state index in [-0.39, 0.29) is 23.9 Å². The van der Waals surface area contributed by atoms with Gasteiger partial charge in [0.2, 0.25) is 35.7 Å². The highest BCUT2D eigenvalue weighted by molar-refractivity contribution is 5.85. The van der Waals surface area contributed by atoms with Gasteiger partial charge in [0.25, 0.3) is 0 Å². The fourth-order valence-electron chi connectivity index (χ4n) is 9.61. The minimum Gasteiger partial charge on any atom is -0.494 e. The highest BCUT2D eigenvalue weighted by atomic mass is 35.5. The Bertz CT molecular complexity index is 1960. The maximum Gasteiger partial charge on any atom is 0.233 e. The second kappa shape index (κ2) is 26.5. The van der Waals surface area contributed by atoms with Gasteiger partial charge in [0.15, 0.2) is 23.1 Å². The molecule has 4 aromatic rings.